The standard InChI is InChI=1S/C13H8F3NO2/c14-13(15,16)10-3-1-2-8(6-10)9-4-5-11(12(18)19)17-7-9/h1-7H,(H,18,19)/p-1. The predicted molar refractivity (Wildman–Crippen MR) is 59.0 cm³/mol. The highest BCUT2D eigenvalue weighted by molar-refractivity contribution is 5.83. The van der Waals surface area contributed by atoms with Crippen molar-refractivity contribution in [1.82, 2.24) is 4.98 Å². The van der Waals surface area contributed by atoms with Gasteiger partial charge in [-0.05, 0) is 23.8 Å². The van der Waals surface area contributed by atoms with Crippen LogP contribution in [0.25, 0.3) is 11.1 Å². The van der Waals surface area contributed by atoms with Gasteiger partial charge in [0, 0.05) is 11.8 Å². The van der Waals surface area contributed by atoms with E-state index in [1.54, 1.807) is 0 Å². The zero-order valence-electron chi connectivity index (χ0n) is 9.44. The summed E-state index contributed by atoms with van der Waals surface area (Å²) in [6.07, 6.45) is -3.23. The number of rotatable bonds is 2. The van der Waals surface area contributed by atoms with E-state index in [4.69, 9.17) is 0 Å². The highest BCUT2D eigenvalue weighted by Gasteiger charge is 2.30. The Morgan fingerprint density at radius 1 is 1.11 bits per heavy atom. The number of aromatic carboxylic acids is 1. The van der Waals surface area contributed by atoms with Crippen LogP contribution in [0.3, 0.4) is 0 Å². The third kappa shape index (κ3) is 2.90. The van der Waals surface area contributed by atoms with Crippen molar-refractivity contribution in [2.24, 2.45) is 0 Å². The van der Waals surface area contributed by atoms with E-state index in [-0.39, 0.29) is 5.69 Å². The molecule has 0 saturated heterocycles. The maximum atomic E-state index is 12.6. The van der Waals surface area contributed by atoms with Crippen molar-refractivity contribution >= 4 is 5.97 Å². The van der Waals surface area contributed by atoms with Gasteiger partial charge in [0.15, 0.2) is 0 Å². The van der Waals surface area contributed by atoms with Crippen molar-refractivity contribution < 1.29 is 23.1 Å². The van der Waals surface area contributed by atoms with E-state index in [0.717, 1.165) is 12.1 Å². The van der Waals surface area contributed by atoms with Crippen LogP contribution in [0, 0.1) is 0 Å². The monoisotopic (exact) mass is 266 g/mol. The third-order valence-electron chi connectivity index (χ3n) is 2.50. The molecule has 1 heterocycles. The molecular weight excluding hydrogens is 259 g/mol. The maximum absolute atomic E-state index is 12.6. The molecule has 3 nitrogen and oxygen atoms in total. The van der Waals surface area contributed by atoms with Gasteiger partial charge in [0.1, 0.15) is 0 Å². The van der Waals surface area contributed by atoms with Crippen LogP contribution in [0.1, 0.15) is 16.1 Å². The molecule has 0 N–H and O–H groups in total. The van der Waals surface area contributed by atoms with Crippen molar-refractivity contribution in [3.05, 3.63) is 53.9 Å². The van der Waals surface area contributed by atoms with Gasteiger partial charge in [-0.25, -0.2) is 0 Å². The summed E-state index contributed by atoms with van der Waals surface area (Å²) in [5.41, 5.74) is -0.326. The molecule has 2 rings (SSSR count). The molecular formula is C13H7F3NO2-. The Hall–Kier alpha value is -2.37. The minimum Gasteiger partial charge on any atom is -0.543 e. The first-order chi connectivity index (χ1) is 8.88. The van der Waals surface area contributed by atoms with Gasteiger partial charge in [-0.3, -0.25) is 4.98 Å². The van der Waals surface area contributed by atoms with Crippen LogP contribution in [-0.2, 0) is 6.18 Å². The summed E-state index contributed by atoms with van der Waals surface area (Å²) in [7, 11) is 0. The average molecular weight is 266 g/mol. The van der Waals surface area contributed by atoms with Crippen LogP contribution in [-0.4, -0.2) is 11.0 Å². The zero-order valence-corrected chi connectivity index (χ0v) is 9.44. The highest BCUT2D eigenvalue weighted by Crippen LogP contribution is 2.31. The summed E-state index contributed by atoms with van der Waals surface area (Å²) in [6.45, 7) is 0. The Morgan fingerprint density at radius 3 is 2.37 bits per heavy atom. The minimum atomic E-state index is -4.42. The lowest BCUT2D eigenvalue weighted by molar-refractivity contribution is -0.255. The number of alkyl halides is 3. The van der Waals surface area contributed by atoms with E-state index < -0.39 is 17.7 Å². The molecule has 0 atom stereocenters. The summed E-state index contributed by atoms with van der Waals surface area (Å²) < 4.78 is 37.7. The van der Waals surface area contributed by atoms with Crippen molar-refractivity contribution in [1.29, 1.82) is 0 Å². The van der Waals surface area contributed by atoms with Gasteiger partial charge >= 0.3 is 6.18 Å². The Morgan fingerprint density at radius 2 is 1.84 bits per heavy atom. The normalized spacial score (nSPS) is 11.3. The largest absolute Gasteiger partial charge is 0.543 e. The number of hydrogen-bond acceptors (Lipinski definition) is 3. The molecule has 0 aliphatic heterocycles. The number of hydrogen-bond donors (Lipinski definition) is 0. The summed E-state index contributed by atoms with van der Waals surface area (Å²) >= 11 is 0. The first-order valence-electron chi connectivity index (χ1n) is 5.23. The summed E-state index contributed by atoms with van der Waals surface area (Å²) in [6, 6.07) is 7.29. The molecule has 2 aromatic rings. The number of halogens is 3. The van der Waals surface area contributed by atoms with Gasteiger partial charge in [-0.1, -0.05) is 18.2 Å². The van der Waals surface area contributed by atoms with E-state index in [1.807, 2.05) is 0 Å². The van der Waals surface area contributed by atoms with Crippen LogP contribution in [0.2, 0.25) is 0 Å². The number of carbonyl (C=O) groups excluding carboxylic acids is 1. The second-order valence-electron chi connectivity index (χ2n) is 3.80. The molecule has 6 heteroatoms. The molecule has 1 aromatic carbocycles. The lowest BCUT2D eigenvalue weighted by Crippen LogP contribution is -2.23. The Balaban J connectivity index is 2.39. The van der Waals surface area contributed by atoms with Crippen LogP contribution in [0.5, 0.6) is 0 Å². The smallest absolute Gasteiger partial charge is 0.416 e. The van der Waals surface area contributed by atoms with Crippen LogP contribution in [0.4, 0.5) is 13.2 Å². The van der Waals surface area contributed by atoms with Gasteiger partial charge < -0.3 is 9.90 Å². The quantitative estimate of drug-likeness (QED) is 0.836. The Labute approximate surface area is 106 Å². The van der Waals surface area contributed by atoms with Crippen molar-refractivity contribution in [3.63, 3.8) is 0 Å². The lowest BCUT2D eigenvalue weighted by atomic mass is 10.0. The van der Waals surface area contributed by atoms with Crippen LogP contribution >= 0.6 is 0 Å². The molecule has 0 aliphatic carbocycles. The molecule has 98 valence electrons. The van der Waals surface area contributed by atoms with Crippen molar-refractivity contribution in [2.75, 3.05) is 0 Å². The van der Waals surface area contributed by atoms with E-state index in [9.17, 15) is 23.1 Å². The minimum absolute atomic E-state index is 0.268. The second kappa shape index (κ2) is 4.72. The zero-order chi connectivity index (χ0) is 14.0. The molecule has 0 fully saturated rings. The van der Waals surface area contributed by atoms with Crippen LogP contribution < -0.4 is 5.11 Å². The molecule has 0 amide bonds. The van der Waals surface area contributed by atoms with E-state index in [2.05, 4.69) is 4.98 Å². The fourth-order valence-corrected chi connectivity index (χ4v) is 1.56. The second-order valence-corrected chi connectivity index (χ2v) is 3.80. The molecule has 0 saturated carbocycles. The number of carboxylic acid groups (broad SMARTS) is 1. The number of aromatic nitrogens is 1. The fourth-order valence-electron chi connectivity index (χ4n) is 1.56. The number of carbonyl (C=O) groups is 1. The Bertz CT molecular complexity index is 606. The number of benzene rings is 1. The van der Waals surface area contributed by atoms with Gasteiger partial charge in [0.05, 0.1) is 17.2 Å². The molecule has 0 bridgehead atoms. The SMILES string of the molecule is O=C([O-])c1ccc(-c2cccc(C(F)(F)F)c2)cn1. The highest BCUT2D eigenvalue weighted by atomic mass is 19.4. The molecule has 0 spiro atoms. The van der Waals surface area contributed by atoms with Crippen molar-refractivity contribution in [3.8, 4) is 11.1 Å². The first kappa shape index (κ1) is 13.1. The molecule has 19 heavy (non-hydrogen) atoms. The topological polar surface area (TPSA) is 53.0 Å². The molecule has 0 radical (unpaired) electrons. The van der Waals surface area contributed by atoms with E-state index >= 15 is 0 Å². The van der Waals surface area contributed by atoms with Gasteiger partial charge in [0.25, 0.3) is 0 Å². The number of pyridine rings is 1. The molecule has 0 aliphatic rings. The average Bonchev–Trinajstić information content (AvgIpc) is 2.38. The van der Waals surface area contributed by atoms with E-state index in [0.29, 0.717) is 11.1 Å². The fraction of sp³-hybridized carbons (Fsp3) is 0.0769. The lowest BCUT2D eigenvalue weighted by Gasteiger charge is -2.09. The molecule has 1 aromatic heterocycles. The number of carboxylic acids is 1. The summed E-state index contributed by atoms with van der Waals surface area (Å²) in [5.74, 6) is -1.43. The maximum Gasteiger partial charge on any atom is 0.416 e. The van der Waals surface area contributed by atoms with E-state index in [1.165, 1.54) is 30.5 Å². The van der Waals surface area contributed by atoms with Gasteiger partial charge in [-0.15, -0.1) is 0 Å². The Kier molecular flexibility index (Phi) is 3.25. The number of nitrogens with zero attached hydrogens (tertiary/aromatic N) is 1. The van der Waals surface area contributed by atoms with Gasteiger partial charge in [-0.2, -0.15) is 13.2 Å². The summed E-state index contributed by atoms with van der Waals surface area (Å²) in [4.78, 5) is 14.1. The summed E-state index contributed by atoms with van der Waals surface area (Å²) in [5, 5.41) is 10.5. The van der Waals surface area contributed by atoms with Gasteiger partial charge in [0.2, 0.25) is 0 Å². The predicted octanol–water partition coefficient (Wildman–Crippen LogP) is 2.13. The first-order valence-corrected chi connectivity index (χ1v) is 5.23. The molecule has 0 unspecified atom stereocenters. The van der Waals surface area contributed by atoms with Crippen LogP contribution in [0.15, 0.2) is 42.6 Å². The van der Waals surface area contributed by atoms with Crippen molar-refractivity contribution in [2.45, 2.75) is 6.18 Å². The third-order valence-corrected chi connectivity index (χ3v) is 2.50.